The maximum absolute atomic E-state index is 10.2. The van der Waals surface area contributed by atoms with Gasteiger partial charge in [-0.2, -0.15) is 0 Å². The summed E-state index contributed by atoms with van der Waals surface area (Å²) < 4.78 is 5.58. The van der Waals surface area contributed by atoms with Crippen LogP contribution in [0.4, 0.5) is 0 Å². The summed E-state index contributed by atoms with van der Waals surface area (Å²) in [5.74, 6) is 0. The summed E-state index contributed by atoms with van der Waals surface area (Å²) in [7, 11) is 0.320. The Hall–Kier alpha value is -1.19. The molecule has 21 heavy (non-hydrogen) atoms. The van der Waals surface area contributed by atoms with Gasteiger partial charge in [0, 0.05) is 23.3 Å². The smallest absolute Gasteiger partial charge is 0.101 e. The molecule has 3 nitrogen and oxygen atoms in total. The molecule has 0 aromatic heterocycles. The fraction of sp³-hybridized carbons (Fsp3) is 0.250. The highest BCUT2D eigenvalue weighted by molar-refractivity contribution is 7.41. The maximum Gasteiger partial charge on any atom is 0.101 e. The van der Waals surface area contributed by atoms with E-state index in [1.165, 1.54) is 5.30 Å². The first-order chi connectivity index (χ1) is 9.77. The molecule has 0 aliphatic rings. The quantitative estimate of drug-likeness (QED) is 0.356. The molecule has 2 aromatic rings. The minimum Gasteiger partial charge on any atom is -0.387 e. The van der Waals surface area contributed by atoms with Gasteiger partial charge in [0.1, 0.15) is 6.73 Å². The van der Waals surface area contributed by atoms with E-state index in [9.17, 15) is 5.11 Å². The van der Waals surface area contributed by atoms with E-state index in [2.05, 4.69) is 5.32 Å². The summed E-state index contributed by atoms with van der Waals surface area (Å²) >= 11 is 0. The van der Waals surface area contributed by atoms with Crippen molar-refractivity contribution in [1.82, 2.24) is 5.32 Å². The molecule has 0 aliphatic heterocycles. The molecule has 2 rings (SSSR count). The van der Waals surface area contributed by atoms with Gasteiger partial charge in [-0.3, -0.25) is 5.32 Å². The molecular weight excluding hydrogens is 280 g/mol. The lowest BCUT2D eigenvalue weighted by Crippen LogP contribution is -2.33. The molecule has 0 fully saturated rings. The van der Waals surface area contributed by atoms with Gasteiger partial charge < -0.3 is 9.63 Å². The van der Waals surface area contributed by atoms with E-state index in [1.54, 1.807) is 0 Å². The molecule has 2 N–H and O–H groups in total. The van der Waals surface area contributed by atoms with E-state index in [1.807, 2.05) is 67.6 Å². The molecule has 5 heteroatoms. The molecule has 0 spiro atoms. The molecule has 0 saturated carbocycles. The first kappa shape index (κ1) is 17.9. The molecule has 0 heterocycles. The van der Waals surface area contributed by atoms with E-state index in [0.717, 1.165) is 5.56 Å². The zero-order valence-electron chi connectivity index (χ0n) is 12.1. The number of aliphatic hydroxyl groups excluding tert-OH is 1. The van der Waals surface area contributed by atoms with Crippen molar-refractivity contribution < 1.29 is 9.63 Å². The molecule has 3 radical (unpaired) electrons. The lowest BCUT2D eigenvalue weighted by atomic mass is 10.0. The first-order valence-electron chi connectivity index (χ1n) is 6.66. The largest absolute Gasteiger partial charge is 0.387 e. The lowest BCUT2D eigenvalue weighted by Gasteiger charge is -2.20. The number of rotatable bonds is 7. The van der Waals surface area contributed by atoms with Gasteiger partial charge in [-0.05, 0) is 17.8 Å². The SMILES string of the molecule is CC(NCOPc1ccccc1)C(O)c1ccccc1.[B]. The van der Waals surface area contributed by atoms with Crippen molar-refractivity contribution in [2.24, 2.45) is 0 Å². The Bertz CT molecular complexity index is 498. The van der Waals surface area contributed by atoms with Crippen molar-refractivity contribution in [3.05, 3.63) is 66.2 Å². The fourth-order valence-corrected chi connectivity index (χ4v) is 2.50. The highest BCUT2D eigenvalue weighted by Gasteiger charge is 2.15. The zero-order chi connectivity index (χ0) is 14.2. The number of nitrogens with one attached hydrogen (secondary N) is 1. The Morgan fingerprint density at radius 3 is 2.24 bits per heavy atom. The highest BCUT2D eigenvalue weighted by Crippen LogP contribution is 2.16. The summed E-state index contributed by atoms with van der Waals surface area (Å²) in [6.45, 7) is 2.38. The van der Waals surface area contributed by atoms with Crippen LogP contribution >= 0.6 is 8.81 Å². The van der Waals surface area contributed by atoms with E-state index in [-0.39, 0.29) is 14.5 Å². The van der Waals surface area contributed by atoms with E-state index >= 15 is 0 Å². The van der Waals surface area contributed by atoms with Gasteiger partial charge in [0.2, 0.25) is 0 Å². The first-order valence-corrected chi connectivity index (χ1v) is 7.57. The summed E-state index contributed by atoms with van der Waals surface area (Å²) in [5, 5.41) is 14.5. The average molecular weight is 300 g/mol. The molecule has 3 atom stereocenters. The van der Waals surface area contributed by atoms with Crippen molar-refractivity contribution >= 4 is 22.5 Å². The van der Waals surface area contributed by atoms with Crippen LogP contribution in [0.5, 0.6) is 0 Å². The van der Waals surface area contributed by atoms with Gasteiger partial charge in [0.15, 0.2) is 0 Å². The van der Waals surface area contributed by atoms with E-state index in [4.69, 9.17) is 4.52 Å². The molecule has 3 unspecified atom stereocenters. The van der Waals surface area contributed by atoms with Gasteiger partial charge in [0.05, 0.1) is 6.10 Å². The molecule has 2 aromatic carbocycles. The van der Waals surface area contributed by atoms with Crippen molar-refractivity contribution in [2.45, 2.75) is 19.1 Å². The van der Waals surface area contributed by atoms with Gasteiger partial charge in [-0.15, -0.1) is 0 Å². The number of benzene rings is 2. The van der Waals surface area contributed by atoms with Crippen LogP contribution in [0.3, 0.4) is 0 Å². The van der Waals surface area contributed by atoms with Gasteiger partial charge >= 0.3 is 0 Å². The molecule has 109 valence electrons. The maximum atomic E-state index is 10.2. The Morgan fingerprint density at radius 1 is 1.05 bits per heavy atom. The summed E-state index contributed by atoms with van der Waals surface area (Å²) in [5.41, 5.74) is 0.915. The van der Waals surface area contributed by atoms with Crippen LogP contribution in [-0.2, 0) is 4.52 Å². The lowest BCUT2D eigenvalue weighted by molar-refractivity contribution is 0.123. The van der Waals surface area contributed by atoms with Crippen LogP contribution in [-0.4, -0.2) is 26.3 Å². The predicted molar refractivity (Wildman–Crippen MR) is 90.1 cm³/mol. The third-order valence-electron chi connectivity index (χ3n) is 3.06. The molecular formula is C16H20BNO2P. The minimum absolute atomic E-state index is 0. The Kier molecular flexibility index (Phi) is 8.25. The van der Waals surface area contributed by atoms with Crippen LogP contribution in [0.2, 0.25) is 0 Å². The molecule has 0 bridgehead atoms. The monoisotopic (exact) mass is 300 g/mol. The predicted octanol–water partition coefficient (Wildman–Crippen LogP) is 2.21. The van der Waals surface area contributed by atoms with E-state index in [0.29, 0.717) is 15.5 Å². The van der Waals surface area contributed by atoms with Crippen LogP contribution in [0.1, 0.15) is 18.6 Å². The van der Waals surface area contributed by atoms with Gasteiger partial charge in [-0.1, -0.05) is 60.7 Å². The van der Waals surface area contributed by atoms with E-state index < -0.39 is 6.10 Å². The molecule has 0 aliphatic carbocycles. The van der Waals surface area contributed by atoms with Crippen molar-refractivity contribution in [3.8, 4) is 0 Å². The Labute approximate surface area is 130 Å². The third-order valence-corrected chi connectivity index (χ3v) is 3.91. The molecule has 0 amide bonds. The second-order valence-corrected chi connectivity index (χ2v) is 5.68. The Morgan fingerprint density at radius 2 is 1.62 bits per heavy atom. The van der Waals surface area contributed by atoms with Gasteiger partial charge in [-0.25, -0.2) is 0 Å². The van der Waals surface area contributed by atoms with Crippen LogP contribution < -0.4 is 10.6 Å². The van der Waals surface area contributed by atoms with Gasteiger partial charge in [0.25, 0.3) is 0 Å². The van der Waals surface area contributed by atoms with Crippen molar-refractivity contribution in [3.63, 3.8) is 0 Å². The second kappa shape index (κ2) is 9.70. The fourth-order valence-electron chi connectivity index (χ4n) is 1.85. The Balaban J connectivity index is 0.00000220. The topological polar surface area (TPSA) is 41.5 Å². The molecule has 0 saturated heterocycles. The number of hydrogen-bond donors (Lipinski definition) is 2. The third kappa shape index (κ3) is 5.98. The summed E-state index contributed by atoms with van der Waals surface area (Å²) in [6, 6.07) is 19.7. The van der Waals surface area contributed by atoms with Crippen LogP contribution in [0.25, 0.3) is 0 Å². The van der Waals surface area contributed by atoms with Crippen molar-refractivity contribution in [1.29, 1.82) is 0 Å². The summed E-state index contributed by atoms with van der Waals surface area (Å²) in [6.07, 6.45) is -0.528. The minimum atomic E-state index is -0.528. The van der Waals surface area contributed by atoms with Crippen molar-refractivity contribution in [2.75, 3.05) is 6.73 Å². The normalized spacial score (nSPS) is 13.8. The zero-order valence-corrected chi connectivity index (χ0v) is 13.1. The van der Waals surface area contributed by atoms with Crippen LogP contribution in [0, 0.1) is 0 Å². The van der Waals surface area contributed by atoms with Crippen LogP contribution in [0.15, 0.2) is 60.7 Å². The average Bonchev–Trinajstić information content (AvgIpc) is 2.52. The summed E-state index contributed by atoms with van der Waals surface area (Å²) in [4.78, 5) is 0. The standard InChI is InChI=1S/C16H20NO2P.B/c1-13(16(18)14-8-4-2-5-9-14)17-12-19-20-15-10-6-3-7-11-15;/h2-11,13,16-18,20H,12H2,1H3;. The second-order valence-electron chi connectivity index (χ2n) is 4.61. The number of aliphatic hydroxyl groups is 1. The number of hydrogen-bond acceptors (Lipinski definition) is 3. The highest BCUT2D eigenvalue weighted by atomic mass is 31.1.